The number of carbonyl (C=O) groups is 1. The molecule has 92 valence electrons. The molecular weight excluding hydrogens is 236 g/mol. The zero-order chi connectivity index (χ0) is 12.1. The molecule has 2 heterocycles. The van der Waals surface area contributed by atoms with Crippen molar-refractivity contribution in [2.75, 3.05) is 13.2 Å². The summed E-state index contributed by atoms with van der Waals surface area (Å²) in [4.78, 5) is 14.8. The van der Waals surface area contributed by atoms with Crippen LogP contribution in [0.4, 0.5) is 0 Å². The summed E-state index contributed by atoms with van der Waals surface area (Å²) in [5, 5.41) is 13.5. The predicted molar refractivity (Wildman–Crippen MR) is 69.4 cm³/mol. The van der Waals surface area contributed by atoms with Gasteiger partial charge in [0.05, 0.1) is 10.2 Å². The number of H-pyrrole nitrogens is 1. The number of rotatable bonds is 6. The fourth-order valence-electron chi connectivity index (χ4n) is 1.68. The highest BCUT2D eigenvalue weighted by Crippen LogP contribution is 2.21. The van der Waals surface area contributed by atoms with Crippen LogP contribution in [0.2, 0.25) is 0 Å². The third-order valence-corrected chi connectivity index (χ3v) is 3.47. The zero-order valence-corrected chi connectivity index (χ0v) is 10.3. The Balaban J connectivity index is 1.81. The fourth-order valence-corrected chi connectivity index (χ4v) is 2.46. The maximum Gasteiger partial charge on any atom is 0.267 e. The molecule has 0 aliphatic heterocycles. The molecule has 0 aliphatic carbocycles. The lowest BCUT2D eigenvalue weighted by Crippen LogP contribution is -2.24. The first-order valence-corrected chi connectivity index (χ1v) is 6.64. The molecule has 0 unspecified atom stereocenters. The molecule has 0 saturated carbocycles. The summed E-state index contributed by atoms with van der Waals surface area (Å²) in [6.07, 6.45) is 2.64. The minimum absolute atomic E-state index is 0.0580. The molecule has 0 atom stereocenters. The molecule has 0 radical (unpaired) electrons. The van der Waals surface area contributed by atoms with E-state index in [2.05, 4.69) is 10.3 Å². The van der Waals surface area contributed by atoms with Gasteiger partial charge in [0, 0.05) is 13.2 Å². The molecule has 2 aromatic heterocycles. The van der Waals surface area contributed by atoms with E-state index in [1.807, 2.05) is 17.5 Å². The molecule has 4 nitrogen and oxygen atoms in total. The van der Waals surface area contributed by atoms with Crippen LogP contribution < -0.4 is 5.32 Å². The number of hydrogen-bond donors (Lipinski definition) is 3. The maximum absolute atomic E-state index is 11.8. The van der Waals surface area contributed by atoms with Gasteiger partial charge in [-0.3, -0.25) is 4.79 Å². The summed E-state index contributed by atoms with van der Waals surface area (Å²) >= 11 is 1.62. The van der Waals surface area contributed by atoms with Crippen molar-refractivity contribution in [2.45, 2.75) is 19.3 Å². The Morgan fingerprint density at radius 1 is 1.41 bits per heavy atom. The first kappa shape index (κ1) is 12.1. The molecule has 0 aliphatic rings. The van der Waals surface area contributed by atoms with Gasteiger partial charge in [-0.25, -0.2) is 0 Å². The molecule has 5 heteroatoms. The van der Waals surface area contributed by atoms with E-state index in [0.29, 0.717) is 12.2 Å². The third kappa shape index (κ3) is 3.08. The number of hydrogen-bond acceptors (Lipinski definition) is 3. The van der Waals surface area contributed by atoms with E-state index < -0.39 is 0 Å². The van der Waals surface area contributed by atoms with Crippen LogP contribution in [0, 0.1) is 0 Å². The highest BCUT2D eigenvalue weighted by Gasteiger charge is 2.08. The second kappa shape index (κ2) is 5.84. The van der Waals surface area contributed by atoms with Crippen LogP contribution in [0.3, 0.4) is 0 Å². The second-order valence-electron chi connectivity index (χ2n) is 3.92. The van der Waals surface area contributed by atoms with E-state index in [9.17, 15) is 4.79 Å². The first-order chi connectivity index (χ1) is 8.31. The molecule has 2 aromatic rings. The third-order valence-electron chi connectivity index (χ3n) is 2.61. The van der Waals surface area contributed by atoms with Crippen molar-refractivity contribution in [3.63, 3.8) is 0 Å². The lowest BCUT2D eigenvalue weighted by atomic mass is 10.2. The number of carbonyl (C=O) groups excluding carboxylic acids is 1. The van der Waals surface area contributed by atoms with E-state index >= 15 is 0 Å². The SMILES string of the molecule is O=C(NCCCCCO)c1cc2sccc2[nH]1. The van der Waals surface area contributed by atoms with Crippen molar-refractivity contribution in [3.8, 4) is 0 Å². The summed E-state index contributed by atoms with van der Waals surface area (Å²) in [5.41, 5.74) is 1.63. The molecule has 0 spiro atoms. The van der Waals surface area contributed by atoms with E-state index in [0.717, 1.165) is 29.5 Å². The molecular formula is C12H16N2O2S. The summed E-state index contributed by atoms with van der Waals surface area (Å²) in [6.45, 7) is 0.881. The lowest BCUT2D eigenvalue weighted by molar-refractivity contribution is 0.0948. The van der Waals surface area contributed by atoms with Gasteiger partial charge in [0.25, 0.3) is 5.91 Å². The summed E-state index contributed by atoms with van der Waals surface area (Å²) < 4.78 is 1.11. The summed E-state index contributed by atoms with van der Waals surface area (Å²) in [5.74, 6) is -0.0580. The minimum Gasteiger partial charge on any atom is -0.396 e. The summed E-state index contributed by atoms with van der Waals surface area (Å²) in [6, 6.07) is 3.85. The van der Waals surface area contributed by atoms with Crippen molar-refractivity contribution < 1.29 is 9.90 Å². The fraction of sp³-hybridized carbons (Fsp3) is 0.417. The smallest absolute Gasteiger partial charge is 0.267 e. The number of aromatic nitrogens is 1. The van der Waals surface area contributed by atoms with Crippen LogP contribution in [0.5, 0.6) is 0 Å². The van der Waals surface area contributed by atoms with Gasteiger partial charge in [0.15, 0.2) is 0 Å². The van der Waals surface area contributed by atoms with Crippen molar-refractivity contribution in [2.24, 2.45) is 0 Å². The van der Waals surface area contributed by atoms with Crippen molar-refractivity contribution in [1.29, 1.82) is 0 Å². The lowest BCUT2D eigenvalue weighted by Gasteiger charge is -2.02. The highest BCUT2D eigenvalue weighted by molar-refractivity contribution is 7.17. The van der Waals surface area contributed by atoms with Crippen LogP contribution >= 0.6 is 11.3 Å². The van der Waals surface area contributed by atoms with E-state index in [1.165, 1.54) is 0 Å². The van der Waals surface area contributed by atoms with Crippen LogP contribution in [0.15, 0.2) is 17.5 Å². The molecule has 0 bridgehead atoms. The number of amides is 1. The number of nitrogens with one attached hydrogen (secondary N) is 2. The molecule has 17 heavy (non-hydrogen) atoms. The quantitative estimate of drug-likeness (QED) is 0.689. The molecule has 0 fully saturated rings. The van der Waals surface area contributed by atoms with Crippen LogP contribution in [-0.4, -0.2) is 29.1 Å². The number of fused-ring (bicyclic) bond motifs is 1. The Morgan fingerprint density at radius 3 is 3.06 bits per heavy atom. The molecule has 2 rings (SSSR count). The van der Waals surface area contributed by atoms with Crippen molar-refractivity contribution in [3.05, 3.63) is 23.2 Å². The van der Waals surface area contributed by atoms with Gasteiger partial charge in [-0.15, -0.1) is 11.3 Å². The molecule has 0 saturated heterocycles. The number of aliphatic hydroxyl groups excluding tert-OH is 1. The van der Waals surface area contributed by atoms with Gasteiger partial charge in [0.2, 0.25) is 0 Å². The number of aromatic amines is 1. The average molecular weight is 252 g/mol. The Morgan fingerprint density at radius 2 is 2.29 bits per heavy atom. The zero-order valence-electron chi connectivity index (χ0n) is 9.53. The Labute approximate surface area is 104 Å². The van der Waals surface area contributed by atoms with Crippen LogP contribution in [0.1, 0.15) is 29.8 Å². The van der Waals surface area contributed by atoms with E-state index in [1.54, 1.807) is 11.3 Å². The van der Waals surface area contributed by atoms with Crippen LogP contribution in [0.25, 0.3) is 10.2 Å². The maximum atomic E-state index is 11.8. The van der Waals surface area contributed by atoms with Gasteiger partial charge in [-0.2, -0.15) is 0 Å². The van der Waals surface area contributed by atoms with E-state index in [4.69, 9.17) is 5.11 Å². The van der Waals surface area contributed by atoms with Gasteiger partial charge in [-0.1, -0.05) is 0 Å². The number of aliphatic hydroxyl groups is 1. The Kier molecular flexibility index (Phi) is 4.17. The number of thiophene rings is 1. The minimum atomic E-state index is -0.0580. The van der Waals surface area contributed by atoms with E-state index in [-0.39, 0.29) is 12.5 Å². The topological polar surface area (TPSA) is 65.1 Å². The van der Waals surface area contributed by atoms with Gasteiger partial charge >= 0.3 is 0 Å². The monoisotopic (exact) mass is 252 g/mol. The summed E-state index contributed by atoms with van der Waals surface area (Å²) in [7, 11) is 0. The number of unbranched alkanes of at least 4 members (excludes halogenated alkanes) is 2. The van der Waals surface area contributed by atoms with Gasteiger partial charge < -0.3 is 15.4 Å². The Bertz CT molecular complexity index is 461. The first-order valence-electron chi connectivity index (χ1n) is 5.76. The standard InChI is InChI=1S/C12H16N2O2S/c15-6-3-1-2-5-13-12(16)10-8-11-9(14-10)4-7-17-11/h4,7-8,14-15H,1-3,5-6H2,(H,13,16). The van der Waals surface area contributed by atoms with Crippen molar-refractivity contribution >= 4 is 27.5 Å². The molecule has 1 amide bonds. The predicted octanol–water partition coefficient (Wildman–Crippen LogP) is 2.12. The largest absolute Gasteiger partial charge is 0.396 e. The van der Waals surface area contributed by atoms with Crippen molar-refractivity contribution in [1.82, 2.24) is 10.3 Å². The molecule has 0 aromatic carbocycles. The van der Waals surface area contributed by atoms with Gasteiger partial charge in [-0.05, 0) is 36.8 Å². The van der Waals surface area contributed by atoms with Gasteiger partial charge in [0.1, 0.15) is 5.69 Å². The highest BCUT2D eigenvalue weighted by atomic mass is 32.1. The molecule has 3 N–H and O–H groups in total. The Hall–Kier alpha value is -1.33. The normalized spacial score (nSPS) is 10.9. The van der Waals surface area contributed by atoms with Crippen LogP contribution in [-0.2, 0) is 0 Å². The average Bonchev–Trinajstić information content (AvgIpc) is 2.88. The second-order valence-corrected chi connectivity index (χ2v) is 4.87.